The summed E-state index contributed by atoms with van der Waals surface area (Å²) in [7, 11) is 1.81. The van der Waals surface area contributed by atoms with E-state index in [1.165, 1.54) is 38.8 Å². The normalized spacial score (nSPS) is 17.9. The number of rotatable bonds is 8. The molecule has 0 bridgehead atoms. The lowest BCUT2D eigenvalue weighted by Gasteiger charge is -2.33. The molecule has 8 heteroatoms. The smallest absolute Gasteiger partial charge is 0.257 e. The Kier molecular flexibility index (Phi) is 9.99. The average Bonchev–Trinajstić information content (AvgIpc) is 3.56. The number of benzene rings is 1. The van der Waals surface area contributed by atoms with Crippen LogP contribution < -0.4 is 20.7 Å². The topological polar surface area (TPSA) is 78.0 Å². The standard InChI is InChI=1S/C21H33N5O2.HI/c1-3-23-20(27)15-28-19-6-4-5-16(13-19)14-24-21(22-2)25-17-9-11-26(12-10-17)18-7-8-18;/h4-6,13,17-18H,3,7-12,14-15H2,1-2H3,(H,23,27)(H2,22,24,25);1H. The van der Waals surface area contributed by atoms with Gasteiger partial charge in [-0.2, -0.15) is 0 Å². The maximum absolute atomic E-state index is 11.5. The second-order valence-electron chi connectivity index (χ2n) is 7.50. The summed E-state index contributed by atoms with van der Waals surface area (Å²) >= 11 is 0. The van der Waals surface area contributed by atoms with Gasteiger partial charge in [-0.15, -0.1) is 24.0 Å². The molecular formula is C21H34IN5O2. The minimum absolute atomic E-state index is 0. The van der Waals surface area contributed by atoms with E-state index in [1.807, 2.05) is 31.2 Å². The van der Waals surface area contributed by atoms with Crippen LogP contribution >= 0.6 is 24.0 Å². The van der Waals surface area contributed by atoms with Crippen LogP contribution in [-0.2, 0) is 11.3 Å². The summed E-state index contributed by atoms with van der Waals surface area (Å²) in [5, 5.41) is 9.66. The third-order valence-electron chi connectivity index (χ3n) is 5.26. The van der Waals surface area contributed by atoms with Crippen molar-refractivity contribution < 1.29 is 9.53 Å². The number of carbonyl (C=O) groups excluding carboxylic acids is 1. The van der Waals surface area contributed by atoms with Gasteiger partial charge in [0.05, 0.1) is 0 Å². The van der Waals surface area contributed by atoms with E-state index in [2.05, 4.69) is 25.8 Å². The SMILES string of the molecule is CCNC(=O)COc1cccc(CNC(=NC)NC2CCN(C3CC3)CC2)c1.I. The predicted molar refractivity (Wildman–Crippen MR) is 127 cm³/mol. The van der Waals surface area contributed by atoms with Crippen LogP contribution in [0.25, 0.3) is 0 Å². The molecule has 1 saturated carbocycles. The molecule has 1 aromatic carbocycles. The number of hydrogen-bond donors (Lipinski definition) is 3. The molecule has 1 aromatic rings. The molecule has 3 rings (SSSR count). The zero-order valence-electron chi connectivity index (χ0n) is 17.4. The highest BCUT2D eigenvalue weighted by atomic mass is 127. The number of guanidine groups is 1. The molecule has 1 saturated heterocycles. The Morgan fingerprint density at radius 3 is 2.62 bits per heavy atom. The van der Waals surface area contributed by atoms with Crippen LogP contribution in [0.3, 0.4) is 0 Å². The summed E-state index contributed by atoms with van der Waals surface area (Å²) in [6.45, 7) is 5.56. The van der Waals surface area contributed by atoms with Crippen molar-refractivity contribution in [3.63, 3.8) is 0 Å². The molecule has 0 spiro atoms. The van der Waals surface area contributed by atoms with Gasteiger partial charge < -0.3 is 25.6 Å². The van der Waals surface area contributed by atoms with Crippen LogP contribution in [0.5, 0.6) is 5.75 Å². The molecule has 3 N–H and O–H groups in total. The van der Waals surface area contributed by atoms with Crippen LogP contribution in [0.15, 0.2) is 29.3 Å². The molecule has 0 aromatic heterocycles. The highest BCUT2D eigenvalue weighted by molar-refractivity contribution is 14.0. The van der Waals surface area contributed by atoms with Gasteiger partial charge in [0.2, 0.25) is 0 Å². The van der Waals surface area contributed by atoms with Gasteiger partial charge in [0.1, 0.15) is 5.75 Å². The summed E-state index contributed by atoms with van der Waals surface area (Å²) in [4.78, 5) is 18.5. The van der Waals surface area contributed by atoms with Crippen LogP contribution in [0, 0.1) is 0 Å². The summed E-state index contributed by atoms with van der Waals surface area (Å²) in [6, 6.07) is 9.13. The van der Waals surface area contributed by atoms with Crippen LogP contribution in [-0.4, -0.2) is 62.1 Å². The van der Waals surface area contributed by atoms with E-state index in [-0.39, 0.29) is 36.5 Å². The molecule has 29 heavy (non-hydrogen) atoms. The number of hydrogen-bond acceptors (Lipinski definition) is 4. The summed E-state index contributed by atoms with van der Waals surface area (Å²) in [6.07, 6.45) is 5.10. The Bertz CT molecular complexity index is 673. The first-order chi connectivity index (χ1) is 13.7. The van der Waals surface area contributed by atoms with E-state index in [1.54, 1.807) is 7.05 Å². The van der Waals surface area contributed by atoms with Crippen molar-refractivity contribution in [2.75, 3.05) is 33.3 Å². The minimum atomic E-state index is -0.108. The fraction of sp³-hybridized carbons (Fsp3) is 0.619. The first-order valence-corrected chi connectivity index (χ1v) is 10.4. The number of piperidine rings is 1. The first kappa shape index (κ1) is 23.7. The van der Waals surface area contributed by atoms with Gasteiger partial charge in [0.25, 0.3) is 5.91 Å². The van der Waals surface area contributed by atoms with E-state index in [0.717, 1.165) is 17.6 Å². The number of likely N-dealkylation sites (N-methyl/N-ethyl adjacent to an activating group) is 1. The molecule has 2 aliphatic rings. The predicted octanol–water partition coefficient (Wildman–Crippen LogP) is 2.11. The number of nitrogens with zero attached hydrogens (tertiary/aromatic N) is 2. The Labute approximate surface area is 191 Å². The second kappa shape index (κ2) is 12.2. The van der Waals surface area contributed by atoms with E-state index in [0.29, 0.717) is 24.9 Å². The number of aliphatic imine (C=N–C) groups is 1. The van der Waals surface area contributed by atoms with Crippen molar-refractivity contribution in [3.05, 3.63) is 29.8 Å². The summed E-state index contributed by atoms with van der Waals surface area (Å²) in [5.74, 6) is 1.42. The molecular weight excluding hydrogens is 481 g/mol. The lowest BCUT2D eigenvalue weighted by Crippen LogP contribution is -2.48. The zero-order chi connectivity index (χ0) is 19.8. The van der Waals surface area contributed by atoms with Crippen molar-refractivity contribution in [1.82, 2.24) is 20.9 Å². The fourth-order valence-corrected chi connectivity index (χ4v) is 3.56. The van der Waals surface area contributed by atoms with Gasteiger partial charge in [-0.05, 0) is 50.3 Å². The van der Waals surface area contributed by atoms with E-state index < -0.39 is 0 Å². The highest BCUT2D eigenvalue weighted by Gasteiger charge is 2.31. The van der Waals surface area contributed by atoms with Gasteiger partial charge in [-0.1, -0.05) is 12.1 Å². The van der Waals surface area contributed by atoms with Crippen LogP contribution in [0.4, 0.5) is 0 Å². The summed E-state index contributed by atoms with van der Waals surface area (Å²) in [5.41, 5.74) is 1.08. The number of nitrogens with one attached hydrogen (secondary N) is 3. The zero-order valence-corrected chi connectivity index (χ0v) is 19.8. The van der Waals surface area contributed by atoms with Crippen LogP contribution in [0.1, 0.15) is 38.2 Å². The number of likely N-dealkylation sites (tertiary alicyclic amines) is 1. The molecule has 1 amide bonds. The number of halogens is 1. The summed E-state index contributed by atoms with van der Waals surface area (Å²) < 4.78 is 5.56. The van der Waals surface area contributed by atoms with E-state index >= 15 is 0 Å². The first-order valence-electron chi connectivity index (χ1n) is 10.4. The van der Waals surface area contributed by atoms with E-state index in [4.69, 9.17) is 4.74 Å². The molecule has 0 unspecified atom stereocenters. The third-order valence-corrected chi connectivity index (χ3v) is 5.26. The van der Waals surface area contributed by atoms with Crippen molar-refractivity contribution in [2.45, 2.75) is 51.2 Å². The molecule has 0 atom stereocenters. The third kappa shape index (κ3) is 8.00. The fourth-order valence-electron chi connectivity index (χ4n) is 3.56. The molecule has 162 valence electrons. The van der Waals surface area contributed by atoms with Crippen molar-refractivity contribution in [3.8, 4) is 5.75 Å². The lowest BCUT2D eigenvalue weighted by atomic mass is 10.1. The molecule has 1 aliphatic heterocycles. The molecule has 1 heterocycles. The number of amides is 1. The molecule has 0 radical (unpaired) electrons. The average molecular weight is 515 g/mol. The second-order valence-corrected chi connectivity index (χ2v) is 7.50. The maximum Gasteiger partial charge on any atom is 0.257 e. The van der Waals surface area contributed by atoms with Crippen molar-refractivity contribution >= 4 is 35.8 Å². The molecule has 7 nitrogen and oxygen atoms in total. The van der Waals surface area contributed by atoms with Gasteiger partial charge >= 0.3 is 0 Å². The Balaban J connectivity index is 0.00000300. The highest BCUT2D eigenvalue weighted by Crippen LogP contribution is 2.29. The van der Waals surface area contributed by atoms with Crippen LogP contribution in [0.2, 0.25) is 0 Å². The van der Waals surface area contributed by atoms with Crippen molar-refractivity contribution in [1.29, 1.82) is 0 Å². The Morgan fingerprint density at radius 2 is 1.97 bits per heavy atom. The number of carbonyl (C=O) groups is 1. The number of ether oxygens (including phenoxy) is 1. The van der Waals surface area contributed by atoms with Gasteiger partial charge in [0, 0.05) is 45.3 Å². The molecule has 2 fully saturated rings. The minimum Gasteiger partial charge on any atom is -0.484 e. The Hall–Kier alpha value is -1.55. The quantitative estimate of drug-likeness (QED) is 0.281. The van der Waals surface area contributed by atoms with Gasteiger partial charge in [-0.3, -0.25) is 9.79 Å². The largest absolute Gasteiger partial charge is 0.484 e. The van der Waals surface area contributed by atoms with Crippen molar-refractivity contribution in [2.24, 2.45) is 4.99 Å². The molecule has 1 aliphatic carbocycles. The van der Waals surface area contributed by atoms with Gasteiger partial charge in [0.15, 0.2) is 12.6 Å². The maximum atomic E-state index is 11.5. The lowest BCUT2D eigenvalue weighted by molar-refractivity contribution is -0.122. The van der Waals surface area contributed by atoms with Gasteiger partial charge in [-0.25, -0.2) is 0 Å². The Morgan fingerprint density at radius 1 is 1.21 bits per heavy atom. The van der Waals surface area contributed by atoms with E-state index in [9.17, 15) is 4.79 Å². The monoisotopic (exact) mass is 515 g/mol.